The van der Waals surface area contributed by atoms with Crippen molar-refractivity contribution in [3.8, 4) is 5.88 Å². The van der Waals surface area contributed by atoms with Gasteiger partial charge in [-0.25, -0.2) is 18.8 Å². The minimum absolute atomic E-state index is 0.0734. The van der Waals surface area contributed by atoms with Gasteiger partial charge in [0.1, 0.15) is 9.92 Å². The first-order valence-electron chi connectivity index (χ1n) is 9.63. The van der Waals surface area contributed by atoms with E-state index in [2.05, 4.69) is 23.4 Å². The SMILES string of the molecule is C[C@@H]1Cc2cc3c(c(NC(=O)c4nn5c(c4S(=N)(N)=O)OCCC5)c21)CCC3. The Morgan fingerprint density at radius 2 is 2.21 bits per heavy atom. The van der Waals surface area contributed by atoms with Crippen molar-refractivity contribution in [2.75, 3.05) is 11.9 Å². The molecule has 0 spiro atoms. The number of anilines is 1. The number of ether oxygens (including phenoxy) is 1. The van der Waals surface area contributed by atoms with E-state index in [4.69, 9.17) is 14.7 Å². The molecule has 0 fully saturated rings. The molecular weight excluding hydrogens is 378 g/mol. The molecule has 1 unspecified atom stereocenters. The highest BCUT2D eigenvalue weighted by atomic mass is 32.2. The Kier molecular flexibility index (Phi) is 3.82. The highest BCUT2D eigenvalue weighted by Gasteiger charge is 2.35. The van der Waals surface area contributed by atoms with E-state index < -0.39 is 15.8 Å². The van der Waals surface area contributed by atoms with Gasteiger partial charge < -0.3 is 10.1 Å². The topological polar surface area (TPSA) is 123 Å². The molecule has 1 aromatic carbocycles. The molecule has 2 atom stereocenters. The molecular formula is C19H23N5O3S. The van der Waals surface area contributed by atoms with Gasteiger partial charge in [-0.2, -0.15) is 5.10 Å². The maximum Gasteiger partial charge on any atom is 0.277 e. The molecule has 1 aromatic heterocycles. The second-order valence-electron chi connectivity index (χ2n) is 7.88. The second-order valence-corrected chi connectivity index (χ2v) is 9.49. The average Bonchev–Trinajstić information content (AvgIpc) is 3.24. The van der Waals surface area contributed by atoms with Gasteiger partial charge in [-0.3, -0.25) is 4.79 Å². The minimum Gasteiger partial charge on any atom is -0.477 e. The molecule has 2 heterocycles. The Morgan fingerprint density at radius 1 is 1.39 bits per heavy atom. The molecule has 148 valence electrons. The van der Waals surface area contributed by atoms with Gasteiger partial charge in [-0.05, 0) is 53.9 Å². The second kappa shape index (κ2) is 6.05. The van der Waals surface area contributed by atoms with Crippen LogP contribution in [0.4, 0.5) is 5.69 Å². The number of nitrogens with two attached hydrogens (primary N) is 1. The molecule has 0 saturated heterocycles. The summed E-state index contributed by atoms with van der Waals surface area (Å²) in [6, 6.07) is 2.28. The quantitative estimate of drug-likeness (QED) is 0.730. The number of fused-ring (bicyclic) bond motifs is 3. The molecule has 5 rings (SSSR count). The van der Waals surface area contributed by atoms with Crippen molar-refractivity contribution in [2.24, 2.45) is 5.14 Å². The van der Waals surface area contributed by atoms with E-state index in [0.717, 1.165) is 37.8 Å². The van der Waals surface area contributed by atoms with Gasteiger partial charge in [0.15, 0.2) is 10.6 Å². The molecule has 2 aliphatic carbocycles. The lowest BCUT2D eigenvalue weighted by Crippen LogP contribution is -2.24. The maximum atomic E-state index is 13.2. The summed E-state index contributed by atoms with van der Waals surface area (Å²) in [6.45, 7) is 3.12. The Balaban J connectivity index is 1.59. The molecule has 4 N–H and O–H groups in total. The van der Waals surface area contributed by atoms with Crippen LogP contribution in [0.2, 0.25) is 0 Å². The zero-order chi connectivity index (χ0) is 19.6. The molecule has 0 radical (unpaired) electrons. The van der Waals surface area contributed by atoms with E-state index in [9.17, 15) is 9.00 Å². The van der Waals surface area contributed by atoms with Crippen molar-refractivity contribution in [2.45, 2.75) is 56.4 Å². The van der Waals surface area contributed by atoms with Crippen LogP contribution >= 0.6 is 0 Å². The molecule has 1 amide bonds. The number of amides is 1. The largest absolute Gasteiger partial charge is 0.477 e. The first kappa shape index (κ1) is 17.7. The fraction of sp³-hybridized carbons (Fsp3) is 0.474. The molecule has 28 heavy (non-hydrogen) atoms. The number of hydrogen-bond acceptors (Lipinski definition) is 5. The predicted molar refractivity (Wildman–Crippen MR) is 104 cm³/mol. The first-order valence-corrected chi connectivity index (χ1v) is 11.3. The Hall–Kier alpha value is -2.39. The van der Waals surface area contributed by atoms with E-state index in [1.54, 1.807) is 0 Å². The first-order chi connectivity index (χ1) is 13.3. The molecule has 0 saturated carbocycles. The number of hydrogen-bond donors (Lipinski definition) is 3. The third-order valence-corrected chi connectivity index (χ3v) is 6.89. The average molecular weight is 401 g/mol. The number of carbonyl (C=O) groups is 1. The zero-order valence-corrected chi connectivity index (χ0v) is 16.5. The number of aromatic nitrogens is 2. The molecule has 3 aliphatic rings. The van der Waals surface area contributed by atoms with Crippen LogP contribution in [0.3, 0.4) is 0 Å². The van der Waals surface area contributed by atoms with Crippen LogP contribution in [0.15, 0.2) is 11.0 Å². The van der Waals surface area contributed by atoms with Crippen molar-refractivity contribution in [3.63, 3.8) is 0 Å². The number of nitrogens with zero attached hydrogens (tertiary/aromatic N) is 2. The Bertz CT molecular complexity index is 1120. The standard InChI is InChI=1S/C19H23N5O3S/c1-10-8-12-9-11-4-2-5-13(11)15(14(10)12)22-18(25)16-17(28(20,21)26)19-24(23-16)6-3-7-27-19/h9-10H,2-8H2,1H3,(H,22,25)(H3,20,21,26)/t10-/m1/s1. The fourth-order valence-electron chi connectivity index (χ4n) is 4.70. The van der Waals surface area contributed by atoms with Gasteiger partial charge in [0.05, 0.1) is 6.61 Å². The van der Waals surface area contributed by atoms with Crippen molar-refractivity contribution in [1.82, 2.24) is 9.78 Å². The molecule has 2 aromatic rings. The summed E-state index contributed by atoms with van der Waals surface area (Å²) >= 11 is 0. The lowest BCUT2D eigenvalue weighted by molar-refractivity contribution is 0.101. The van der Waals surface area contributed by atoms with Crippen LogP contribution in [-0.4, -0.2) is 26.5 Å². The van der Waals surface area contributed by atoms with Gasteiger partial charge in [0.25, 0.3) is 5.91 Å². The fourth-order valence-corrected chi connectivity index (χ4v) is 5.54. The van der Waals surface area contributed by atoms with E-state index in [0.29, 0.717) is 19.1 Å². The third-order valence-electron chi connectivity index (χ3n) is 5.92. The van der Waals surface area contributed by atoms with Gasteiger partial charge in [0, 0.05) is 18.7 Å². The summed E-state index contributed by atoms with van der Waals surface area (Å²) in [6.07, 6.45) is 4.80. The molecule has 1 aliphatic heterocycles. The van der Waals surface area contributed by atoms with Crippen LogP contribution in [-0.2, 0) is 35.7 Å². The van der Waals surface area contributed by atoms with E-state index in [1.165, 1.54) is 26.9 Å². The Labute approximate surface area is 163 Å². The Morgan fingerprint density at radius 3 is 2.96 bits per heavy atom. The molecule has 0 bridgehead atoms. The number of aryl methyl sites for hydroxylation is 2. The van der Waals surface area contributed by atoms with Gasteiger partial charge in [0.2, 0.25) is 5.88 Å². The van der Waals surface area contributed by atoms with Crippen LogP contribution in [0.1, 0.15) is 58.4 Å². The van der Waals surface area contributed by atoms with Gasteiger partial charge in [-0.1, -0.05) is 13.0 Å². The minimum atomic E-state index is -3.66. The van der Waals surface area contributed by atoms with E-state index in [-0.39, 0.29) is 16.5 Å². The van der Waals surface area contributed by atoms with Crippen LogP contribution in [0.25, 0.3) is 0 Å². The zero-order valence-electron chi connectivity index (χ0n) is 15.7. The monoisotopic (exact) mass is 401 g/mol. The normalized spacial score (nSPS) is 21.6. The molecule has 9 heteroatoms. The lowest BCUT2D eigenvalue weighted by atomic mass is 9.75. The lowest BCUT2D eigenvalue weighted by Gasteiger charge is -2.32. The number of nitrogens with one attached hydrogen (secondary N) is 2. The smallest absolute Gasteiger partial charge is 0.277 e. The van der Waals surface area contributed by atoms with Crippen molar-refractivity contribution < 1.29 is 13.7 Å². The molecule has 8 nitrogen and oxygen atoms in total. The number of rotatable bonds is 3. The number of benzene rings is 1. The highest BCUT2D eigenvalue weighted by molar-refractivity contribution is 7.90. The third kappa shape index (κ3) is 2.56. The highest BCUT2D eigenvalue weighted by Crippen LogP contribution is 2.46. The van der Waals surface area contributed by atoms with Gasteiger partial charge in [-0.15, -0.1) is 0 Å². The maximum absolute atomic E-state index is 13.2. The van der Waals surface area contributed by atoms with Crippen LogP contribution < -0.4 is 15.2 Å². The van der Waals surface area contributed by atoms with E-state index >= 15 is 0 Å². The van der Waals surface area contributed by atoms with E-state index in [1.807, 2.05) is 0 Å². The van der Waals surface area contributed by atoms with Crippen molar-refractivity contribution >= 4 is 21.5 Å². The summed E-state index contributed by atoms with van der Waals surface area (Å²) in [7, 11) is -3.66. The van der Waals surface area contributed by atoms with Crippen molar-refractivity contribution in [3.05, 3.63) is 34.0 Å². The van der Waals surface area contributed by atoms with Crippen LogP contribution in [0.5, 0.6) is 5.88 Å². The summed E-state index contributed by atoms with van der Waals surface area (Å²) in [5, 5.41) is 12.9. The van der Waals surface area contributed by atoms with Crippen molar-refractivity contribution in [1.29, 1.82) is 4.78 Å². The predicted octanol–water partition coefficient (Wildman–Crippen LogP) is 2.35. The summed E-state index contributed by atoms with van der Waals surface area (Å²) in [5.74, 6) is 0.0928. The van der Waals surface area contributed by atoms with Gasteiger partial charge >= 0.3 is 0 Å². The van der Waals surface area contributed by atoms with Crippen LogP contribution in [0, 0.1) is 4.78 Å². The number of carbonyl (C=O) groups excluding carboxylic acids is 1. The summed E-state index contributed by atoms with van der Waals surface area (Å²) in [5.41, 5.74) is 5.78. The summed E-state index contributed by atoms with van der Waals surface area (Å²) < 4.78 is 27.3. The summed E-state index contributed by atoms with van der Waals surface area (Å²) in [4.78, 5) is 13.1.